The molecule has 4 heteroatoms. The molecule has 4 nitrogen and oxygen atoms in total. The maximum Gasteiger partial charge on any atom is 0.238 e. The number of hydrogen-bond donors (Lipinski definition) is 2. The summed E-state index contributed by atoms with van der Waals surface area (Å²) in [6.07, 6.45) is 4.06. The number of hydrazine groups is 1. The highest BCUT2D eigenvalue weighted by molar-refractivity contribution is 5.79. The molecule has 3 N–H and O–H groups in total. The maximum atomic E-state index is 11.7. The molecule has 1 aliphatic carbocycles. The molecule has 1 saturated heterocycles. The molecule has 0 bridgehead atoms. The molecule has 1 heterocycles. The summed E-state index contributed by atoms with van der Waals surface area (Å²) in [6, 6.07) is 0. The van der Waals surface area contributed by atoms with Crippen molar-refractivity contribution < 1.29 is 4.79 Å². The number of carbonyl (C=O) groups is 1. The van der Waals surface area contributed by atoms with Gasteiger partial charge in [0.05, 0.1) is 0 Å². The quantitative estimate of drug-likeness (QED) is 0.679. The molecule has 0 aromatic carbocycles. The van der Waals surface area contributed by atoms with Crippen LogP contribution in [0.15, 0.2) is 0 Å². The van der Waals surface area contributed by atoms with Crippen molar-refractivity contribution in [3.63, 3.8) is 0 Å². The molecule has 1 saturated carbocycles. The summed E-state index contributed by atoms with van der Waals surface area (Å²) < 4.78 is 0. The van der Waals surface area contributed by atoms with Crippen LogP contribution in [0.5, 0.6) is 0 Å². The van der Waals surface area contributed by atoms with Gasteiger partial charge < -0.3 is 5.73 Å². The van der Waals surface area contributed by atoms with Gasteiger partial charge in [-0.2, -0.15) is 0 Å². The zero-order chi connectivity index (χ0) is 10.2. The van der Waals surface area contributed by atoms with Gasteiger partial charge in [0.15, 0.2) is 0 Å². The summed E-state index contributed by atoms with van der Waals surface area (Å²) in [7, 11) is 0. The van der Waals surface area contributed by atoms with E-state index in [-0.39, 0.29) is 11.4 Å². The molecule has 1 amide bonds. The zero-order valence-electron chi connectivity index (χ0n) is 8.75. The Morgan fingerprint density at radius 1 is 1.64 bits per heavy atom. The van der Waals surface area contributed by atoms with Gasteiger partial charge in [-0.1, -0.05) is 0 Å². The van der Waals surface area contributed by atoms with E-state index >= 15 is 0 Å². The second-order valence-electron chi connectivity index (χ2n) is 4.67. The van der Waals surface area contributed by atoms with E-state index < -0.39 is 0 Å². The topological polar surface area (TPSA) is 58.4 Å². The van der Waals surface area contributed by atoms with Gasteiger partial charge in [-0.25, -0.2) is 5.43 Å². The van der Waals surface area contributed by atoms with E-state index in [1.807, 2.05) is 0 Å². The minimum atomic E-state index is 0.0334. The van der Waals surface area contributed by atoms with E-state index in [1.54, 1.807) is 5.01 Å². The minimum Gasteiger partial charge on any atom is -0.330 e. The van der Waals surface area contributed by atoms with E-state index in [0.717, 1.165) is 13.0 Å². The molecule has 14 heavy (non-hydrogen) atoms. The highest BCUT2D eigenvalue weighted by Gasteiger charge is 2.48. The van der Waals surface area contributed by atoms with Crippen LogP contribution in [0.4, 0.5) is 0 Å². The van der Waals surface area contributed by atoms with Crippen molar-refractivity contribution in [2.45, 2.75) is 38.1 Å². The largest absolute Gasteiger partial charge is 0.330 e. The van der Waals surface area contributed by atoms with Crippen LogP contribution in [0.3, 0.4) is 0 Å². The van der Waals surface area contributed by atoms with E-state index in [9.17, 15) is 4.79 Å². The Bertz CT molecular complexity index is 240. The fourth-order valence-electron chi connectivity index (χ4n) is 2.21. The third-order valence-electron chi connectivity index (χ3n) is 3.27. The van der Waals surface area contributed by atoms with Crippen LogP contribution in [0, 0.1) is 5.92 Å². The lowest BCUT2D eigenvalue weighted by atomic mass is 9.94. The van der Waals surface area contributed by atoms with E-state index in [2.05, 4.69) is 12.3 Å². The van der Waals surface area contributed by atoms with Crippen LogP contribution in [0.25, 0.3) is 0 Å². The van der Waals surface area contributed by atoms with Crippen LogP contribution in [0.1, 0.15) is 32.6 Å². The van der Waals surface area contributed by atoms with E-state index in [4.69, 9.17) is 5.73 Å². The Hall–Kier alpha value is -0.610. The second-order valence-corrected chi connectivity index (χ2v) is 4.67. The molecule has 80 valence electrons. The number of nitrogens with zero attached hydrogens (tertiary/aromatic N) is 1. The Morgan fingerprint density at radius 3 is 2.93 bits per heavy atom. The molecule has 1 atom stereocenters. The maximum absolute atomic E-state index is 11.7. The first-order valence-corrected chi connectivity index (χ1v) is 5.44. The monoisotopic (exact) mass is 197 g/mol. The zero-order valence-corrected chi connectivity index (χ0v) is 8.75. The van der Waals surface area contributed by atoms with Crippen molar-refractivity contribution in [2.24, 2.45) is 11.7 Å². The van der Waals surface area contributed by atoms with E-state index in [0.29, 0.717) is 18.9 Å². The molecular formula is C10H19N3O. The van der Waals surface area contributed by atoms with Crippen molar-refractivity contribution in [1.82, 2.24) is 10.4 Å². The average molecular weight is 197 g/mol. The Kier molecular flexibility index (Phi) is 2.49. The molecule has 1 aliphatic heterocycles. The number of amides is 1. The first-order valence-electron chi connectivity index (χ1n) is 5.44. The first kappa shape index (κ1) is 9.93. The lowest BCUT2D eigenvalue weighted by Crippen LogP contribution is -2.46. The smallest absolute Gasteiger partial charge is 0.238 e. The normalized spacial score (nSPS) is 32.7. The fourth-order valence-corrected chi connectivity index (χ4v) is 2.21. The third-order valence-corrected chi connectivity index (χ3v) is 3.27. The van der Waals surface area contributed by atoms with Gasteiger partial charge in [0.25, 0.3) is 0 Å². The van der Waals surface area contributed by atoms with Crippen molar-refractivity contribution in [3.05, 3.63) is 0 Å². The van der Waals surface area contributed by atoms with Crippen molar-refractivity contribution in [1.29, 1.82) is 0 Å². The van der Waals surface area contributed by atoms with Crippen LogP contribution < -0.4 is 11.2 Å². The summed E-state index contributed by atoms with van der Waals surface area (Å²) in [5.41, 5.74) is 8.80. The van der Waals surface area contributed by atoms with Crippen molar-refractivity contribution in [3.8, 4) is 0 Å². The molecule has 0 aromatic rings. The molecule has 0 radical (unpaired) electrons. The molecule has 2 fully saturated rings. The van der Waals surface area contributed by atoms with Gasteiger partial charge >= 0.3 is 0 Å². The predicted octanol–water partition coefficient (Wildman–Crippen LogP) is 0.241. The average Bonchev–Trinajstić information content (AvgIpc) is 2.92. The molecule has 1 unspecified atom stereocenters. The van der Waals surface area contributed by atoms with Crippen LogP contribution in [0.2, 0.25) is 0 Å². The van der Waals surface area contributed by atoms with Crippen LogP contribution in [-0.4, -0.2) is 29.5 Å². The van der Waals surface area contributed by atoms with Crippen molar-refractivity contribution in [2.75, 3.05) is 13.1 Å². The number of nitrogens with one attached hydrogen (secondary N) is 1. The SMILES string of the molecule is CC1(C2CC2)CC(=O)N(CCCN)N1. The number of carbonyl (C=O) groups excluding carboxylic acids is 1. The van der Waals surface area contributed by atoms with E-state index in [1.165, 1.54) is 12.8 Å². The van der Waals surface area contributed by atoms with Crippen LogP contribution in [-0.2, 0) is 4.79 Å². The van der Waals surface area contributed by atoms with Gasteiger partial charge in [0, 0.05) is 18.5 Å². The molecule has 0 aromatic heterocycles. The number of nitrogens with two attached hydrogens (primary N) is 1. The summed E-state index contributed by atoms with van der Waals surface area (Å²) in [4.78, 5) is 11.7. The molecule has 2 aliphatic rings. The van der Waals surface area contributed by atoms with Gasteiger partial charge in [-0.15, -0.1) is 0 Å². The highest BCUT2D eigenvalue weighted by Crippen LogP contribution is 2.43. The third kappa shape index (κ3) is 1.77. The Morgan fingerprint density at radius 2 is 2.36 bits per heavy atom. The highest BCUT2D eigenvalue weighted by atomic mass is 16.2. The summed E-state index contributed by atoms with van der Waals surface area (Å²) >= 11 is 0. The second kappa shape index (κ2) is 3.51. The van der Waals surface area contributed by atoms with Crippen LogP contribution >= 0.6 is 0 Å². The Balaban J connectivity index is 1.92. The van der Waals surface area contributed by atoms with Gasteiger partial charge in [-0.3, -0.25) is 9.80 Å². The summed E-state index contributed by atoms with van der Waals surface area (Å²) in [5.74, 6) is 0.933. The van der Waals surface area contributed by atoms with Gasteiger partial charge in [-0.05, 0) is 38.6 Å². The number of hydrogen-bond acceptors (Lipinski definition) is 3. The number of rotatable bonds is 4. The minimum absolute atomic E-state index is 0.0334. The van der Waals surface area contributed by atoms with Gasteiger partial charge in [0.1, 0.15) is 0 Å². The lowest BCUT2D eigenvalue weighted by Gasteiger charge is -2.25. The molecular weight excluding hydrogens is 178 g/mol. The Labute approximate surface area is 84.8 Å². The molecule has 0 spiro atoms. The predicted molar refractivity (Wildman–Crippen MR) is 54.3 cm³/mol. The molecule has 2 rings (SSSR count). The van der Waals surface area contributed by atoms with Crippen molar-refractivity contribution >= 4 is 5.91 Å². The lowest BCUT2D eigenvalue weighted by molar-refractivity contribution is -0.129. The first-order chi connectivity index (χ1) is 6.65. The standard InChI is InChI=1S/C10H19N3O/c1-10(8-3-4-8)7-9(14)13(12-10)6-2-5-11/h8,12H,2-7,11H2,1H3. The summed E-state index contributed by atoms with van der Waals surface area (Å²) in [5, 5.41) is 1.76. The summed E-state index contributed by atoms with van der Waals surface area (Å²) in [6.45, 7) is 3.55. The fraction of sp³-hybridized carbons (Fsp3) is 0.900. The van der Waals surface area contributed by atoms with Gasteiger partial charge in [0.2, 0.25) is 5.91 Å².